The van der Waals surface area contributed by atoms with Crippen LogP contribution >= 0.6 is 11.8 Å². The third kappa shape index (κ3) is 2.65. The fraction of sp³-hybridized carbons (Fsp3) is 0.533. The van der Waals surface area contributed by atoms with Gasteiger partial charge in [-0.2, -0.15) is 0 Å². The third-order valence-electron chi connectivity index (χ3n) is 3.70. The van der Waals surface area contributed by atoms with E-state index in [0.29, 0.717) is 11.9 Å². The van der Waals surface area contributed by atoms with Crippen LogP contribution in [-0.2, 0) is 9.53 Å². The Labute approximate surface area is 118 Å². The molecule has 0 N–H and O–H groups in total. The van der Waals surface area contributed by atoms with E-state index in [-0.39, 0.29) is 11.8 Å². The molecule has 102 valence electrons. The summed E-state index contributed by atoms with van der Waals surface area (Å²) in [6.45, 7) is 4.36. The third-order valence-corrected chi connectivity index (χ3v) is 4.85. The van der Waals surface area contributed by atoms with Crippen molar-refractivity contribution in [1.29, 1.82) is 0 Å². The summed E-state index contributed by atoms with van der Waals surface area (Å²) in [7, 11) is 0. The molecule has 1 saturated heterocycles. The Morgan fingerprint density at radius 1 is 1.42 bits per heavy atom. The number of benzene rings is 1. The fourth-order valence-corrected chi connectivity index (χ4v) is 3.87. The van der Waals surface area contributed by atoms with Crippen LogP contribution in [-0.4, -0.2) is 30.9 Å². The summed E-state index contributed by atoms with van der Waals surface area (Å²) in [6, 6.07) is 8.20. The molecule has 0 saturated carbocycles. The number of para-hydroxylation sites is 1. The summed E-state index contributed by atoms with van der Waals surface area (Å²) in [5.74, 6) is 0.274. The predicted molar refractivity (Wildman–Crippen MR) is 77.7 cm³/mol. The highest BCUT2D eigenvalue weighted by Gasteiger charge is 2.32. The second kappa shape index (κ2) is 5.55. The maximum atomic E-state index is 12.7. The molecule has 1 fully saturated rings. The second-order valence-electron chi connectivity index (χ2n) is 5.26. The molecule has 4 heteroatoms. The van der Waals surface area contributed by atoms with Crippen LogP contribution in [0.4, 0.5) is 5.69 Å². The molecule has 0 radical (unpaired) electrons. The van der Waals surface area contributed by atoms with Gasteiger partial charge in [0.2, 0.25) is 5.91 Å². The SMILES string of the molecule is CC1CN(C(=O)C2CCCOC2)c2ccccc2S1. The lowest BCUT2D eigenvalue weighted by Gasteiger charge is -2.35. The fourth-order valence-electron chi connectivity index (χ4n) is 2.75. The van der Waals surface area contributed by atoms with Crippen molar-refractivity contribution in [2.24, 2.45) is 5.92 Å². The Morgan fingerprint density at radius 2 is 2.26 bits per heavy atom. The van der Waals surface area contributed by atoms with E-state index in [4.69, 9.17) is 4.74 Å². The first-order chi connectivity index (χ1) is 9.25. The quantitative estimate of drug-likeness (QED) is 0.790. The molecule has 2 unspecified atom stereocenters. The van der Waals surface area contributed by atoms with Crippen molar-refractivity contribution in [3.05, 3.63) is 24.3 Å². The van der Waals surface area contributed by atoms with Crippen molar-refractivity contribution < 1.29 is 9.53 Å². The van der Waals surface area contributed by atoms with Crippen LogP contribution in [0.3, 0.4) is 0 Å². The maximum Gasteiger partial charge on any atom is 0.232 e. The molecule has 19 heavy (non-hydrogen) atoms. The van der Waals surface area contributed by atoms with Crippen molar-refractivity contribution in [3.63, 3.8) is 0 Å². The van der Waals surface area contributed by atoms with Crippen LogP contribution in [0.2, 0.25) is 0 Å². The van der Waals surface area contributed by atoms with E-state index >= 15 is 0 Å². The zero-order valence-corrected chi connectivity index (χ0v) is 12.0. The van der Waals surface area contributed by atoms with E-state index in [9.17, 15) is 4.79 Å². The summed E-state index contributed by atoms with van der Waals surface area (Å²) < 4.78 is 5.46. The lowest BCUT2D eigenvalue weighted by molar-refractivity contribution is -0.126. The predicted octanol–water partition coefficient (Wildman–Crippen LogP) is 2.94. The van der Waals surface area contributed by atoms with Crippen molar-refractivity contribution in [2.75, 3.05) is 24.7 Å². The number of ether oxygens (including phenoxy) is 1. The molecule has 2 heterocycles. The maximum absolute atomic E-state index is 12.7. The van der Waals surface area contributed by atoms with Gasteiger partial charge in [0.1, 0.15) is 0 Å². The minimum absolute atomic E-state index is 0.0390. The highest BCUT2D eigenvalue weighted by atomic mass is 32.2. The first kappa shape index (κ1) is 13.0. The Morgan fingerprint density at radius 3 is 3.05 bits per heavy atom. The number of nitrogens with zero attached hydrogens (tertiary/aromatic N) is 1. The van der Waals surface area contributed by atoms with Crippen molar-refractivity contribution in [3.8, 4) is 0 Å². The molecule has 0 spiro atoms. The van der Waals surface area contributed by atoms with E-state index in [1.54, 1.807) is 0 Å². The number of anilines is 1. The van der Waals surface area contributed by atoms with Gasteiger partial charge < -0.3 is 9.64 Å². The number of fused-ring (bicyclic) bond motifs is 1. The van der Waals surface area contributed by atoms with Gasteiger partial charge in [-0.3, -0.25) is 4.79 Å². The van der Waals surface area contributed by atoms with E-state index < -0.39 is 0 Å². The Hall–Kier alpha value is -1.00. The van der Waals surface area contributed by atoms with Gasteiger partial charge in [0, 0.05) is 23.3 Å². The van der Waals surface area contributed by atoms with Gasteiger partial charge in [0.05, 0.1) is 18.2 Å². The summed E-state index contributed by atoms with van der Waals surface area (Å²) in [5, 5.41) is 0.448. The number of rotatable bonds is 1. The zero-order chi connectivity index (χ0) is 13.2. The van der Waals surface area contributed by atoms with E-state index in [2.05, 4.69) is 19.1 Å². The first-order valence-corrected chi connectivity index (χ1v) is 7.78. The van der Waals surface area contributed by atoms with Gasteiger partial charge in [-0.15, -0.1) is 11.8 Å². The normalized spacial score (nSPS) is 26.9. The minimum Gasteiger partial charge on any atom is -0.381 e. The highest BCUT2D eigenvalue weighted by molar-refractivity contribution is 8.00. The monoisotopic (exact) mass is 277 g/mol. The highest BCUT2D eigenvalue weighted by Crippen LogP contribution is 2.39. The molecule has 2 aliphatic heterocycles. The van der Waals surface area contributed by atoms with Crippen molar-refractivity contribution in [2.45, 2.75) is 29.9 Å². The molecule has 1 aromatic rings. The van der Waals surface area contributed by atoms with Crippen LogP contribution in [0, 0.1) is 5.92 Å². The Kier molecular flexibility index (Phi) is 3.80. The van der Waals surface area contributed by atoms with Crippen LogP contribution in [0.15, 0.2) is 29.2 Å². The van der Waals surface area contributed by atoms with Gasteiger partial charge >= 0.3 is 0 Å². The van der Waals surface area contributed by atoms with Crippen LogP contribution in [0.5, 0.6) is 0 Å². The molecule has 0 bridgehead atoms. The van der Waals surface area contributed by atoms with Crippen LogP contribution < -0.4 is 4.90 Å². The average molecular weight is 277 g/mol. The molecule has 1 amide bonds. The number of carbonyl (C=O) groups excluding carboxylic acids is 1. The van der Waals surface area contributed by atoms with Gasteiger partial charge in [-0.05, 0) is 25.0 Å². The van der Waals surface area contributed by atoms with Gasteiger partial charge in [-0.25, -0.2) is 0 Å². The standard InChI is InChI=1S/C15H19NO2S/c1-11-9-16(13-6-2-3-7-14(13)19-11)15(17)12-5-4-8-18-10-12/h2-3,6-7,11-12H,4-5,8-10H2,1H3. The number of amides is 1. The summed E-state index contributed by atoms with van der Waals surface area (Å²) in [5.41, 5.74) is 1.07. The molecular weight excluding hydrogens is 258 g/mol. The Bertz CT molecular complexity index is 471. The first-order valence-electron chi connectivity index (χ1n) is 6.90. The summed E-state index contributed by atoms with van der Waals surface area (Å²) in [4.78, 5) is 15.9. The van der Waals surface area contributed by atoms with E-state index in [1.807, 2.05) is 28.8 Å². The minimum atomic E-state index is 0.0390. The number of thioether (sulfide) groups is 1. The lowest BCUT2D eigenvalue weighted by atomic mass is 10.00. The molecule has 0 aromatic heterocycles. The Balaban J connectivity index is 1.85. The number of hydrogen-bond donors (Lipinski definition) is 0. The van der Waals surface area contributed by atoms with Crippen LogP contribution in [0.1, 0.15) is 19.8 Å². The molecule has 2 atom stereocenters. The van der Waals surface area contributed by atoms with Crippen LogP contribution in [0.25, 0.3) is 0 Å². The molecule has 3 nitrogen and oxygen atoms in total. The van der Waals surface area contributed by atoms with Gasteiger partial charge in [0.15, 0.2) is 0 Å². The smallest absolute Gasteiger partial charge is 0.232 e. The summed E-state index contributed by atoms with van der Waals surface area (Å²) >= 11 is 1.85. The largest absolute Gasteiger partial charge is 0.381 e. The van der Waals surface area contributed by atoms with Crippen molar-refractivity contribution >= 4 is 23.4 Å². The van der Waals surface area contributed by atoms with Gasteiger partial charge in [-0.1, -0.05) is 19.1 Å². The molecule has 1 aromatic carbocycles. The lowest BCUT2D eigenvalue weighted by Crippen LogP contribution is -2.44. The summed E-state index contributed by atoms with van der Waals surface area (Å²) in [6.07, 6.45) is 1.95. The second-order valence-corrected chi connectivity index (χ2v) is 6.74. The molecular formula is C15H19NO2S. The number of carbonyl (C=O) groups is 1. The molecule has 0 aliphatic carbocycles. The van der Waals surface area contributed by atoms with E-state index in [0.717, 1.165) is 31.7 Å². The number of hydrogen-bond acceptors (Lipinski definition) is 3. The molecule has 3 rings (SSSR count). The van der Waals surface area contributed by atoms with Gasteiger partial charge in [0.25, 0.3) is 0 Å². The topological polar surface area (TPSA) is 29.5 Å². The zero-order valence-electron chi connectivity index (χ0n) is 11.2. The average Bonchev–Trinajstić information content (AvgIpc) is 2.46. The molecule has 2 aliphatic rings. The van der Waals surface area contributed by atoms with Crippen molar-refractivity contribution in [1.82, 2.24) is 0 Å². The van der Waals surface area contributed by atoms with E-state index in [1.165, 1.54) is 4.90 Å².